The Labute approximate surface area is 205 Å². The smallest absolute Gasteiger partial charge is 0.155 e. The van der Waals surface area contributed by atoms with Gasteiger partial charge in [0.1, 0.15) is 35.0 Å². The van der Waals surface area contributed by atoms with E-state index in [0.717, 1.165) is 48.0 Å². The Hall–Kier alpha value is -2.36. The minimum atomic E-state index is -1.08. The van der Waals surface area contributed by atoms with E-state index in [4.69, 9.17) is 15.1 Å². The van der Waals surface area contributed by atoms with Gasteiger partial charge >= 0.3 is 0 Å². The Morgan fingerprint density at radius 2 is 1.97 bits per heavy atom. The van der Waals surface area contributed by atoms with Gasteiger partial charge in [-0.25, -0.2) is 9.98 Å². The zero-order valence-electron chi connectivity index (χ0n) is 20.8. The van der Waals surface area contributed by atoms with Crippen molar-refractivity contribution in [2.45, 2.75) is 76.2 Å². The fourth-order valence-corrected chi connectivity index (χ4v) is 5.97. The second-order valence-electron chi connectivity index (χ2n) is 9.62. The molecule has 34 heavy (non-hydrogen) atoms. The maximum absolute atomic E-state index is 13.5. The number of amidine groups is 2. The minimum Gasteiger partial charge on any atom is -0.611 e. The zero-order chi connectivity index (χ0) is 24.4. The highest BCUT2D eigenvalue weighted by molar-refractivity contribution is 7.92. The fourth-order valence-electron chi connectivity index (χ4n) is 4.51. The van der Waals surface area contributed by atoms with Crippen LogP contribution in [-0.4, -0.2) is 67.7 Å². The van der Waals surface area contributed by atoms with E-state index in [1.165, 1.54) is 0 Å². The summed E-state index contributed by atoms with van der Waals surface area (Å²) in [7, 11) is 0. The van der Waals surface area contributed by atoms with Crippen LogP contribution in [-0.2, 0) is 17.7 Å². The van der Waals surface area contributed by atoms with Crippen molar-refractivity contribution in [3.05, 3.63) is 30.1 Å². The molecule has 1 fully saturated rings. The highest BCUT2D eigenvalue weighted by Crippen LogP contribution is 2.36. The number of imidazole rings is 1. The number of nitrogens with zero attached hydrogens (tertiary/aromatic N) is 4. The summed E-state index contributed by atoms with van der Waals surface area (Å²) in [6.45, 7) is 13.3. The molecule has 1 aromatic heterocycles. The Bertz CT molecular complexity index is 1060. The lowest BCUT2D eigenvalue weighted by Crippen LogP contribution is -2.42. The number of hydrogen-bond donors (Lipinski definition) is 2. The van der Waals surface area contributed by atoms with Gasteiger partial charge < -0.3 is 24.1 Å². The van der Waals surface area contributed by atoms with Crippen LogP contribution in [0.1, 0.15) is 53.2 Å². The number of benzene rings is 1. The van der Waals surface area contributed by atoms with E-state index in [-0.39, 0.29) is 17.1 Å². The molecule has 9 heteroatoms. The summed E-state index contributed by atoms with van der Waals surface area (Å²) < 4.78 is 21.5. The first-order chi connectivity index (χ1) is 16.2. The lowest BCUT2D eigenvalue weighted by molar-refractivity contribution is 0.186. The molecule has 184 valence electrons. The molecular formula is C25H36N6O2S. The second-order valence-corrected chi connectivity index (χ2v) is 11.4. The van der Waals surface area contributed by atoms with Crippen LogP contribution >= 0.6 is 0 Å². The predicted molar refractivity (Wildman–Crippen MR) is 138 cm³/mol. The SMILES string of the molecule is CC(=N)/N=C(\NC(C)C)c1cn2c(n1)-c1cc([S+]([O-])C3CCN(C(C)C)CC3)ccc1OCC2. The molecule has 1 aromatic carbocycles. The van der Waals surface area contributed by atoms with E-state index < -0.39 is 11.2 Å². The summed E-state index contributed by atoms with van der Waals surface area (Å²) >= 11 is -1.08. The van der Waals surface area contributed by atoms with Gasteiger partial charge in [0.2, 0.25) is 0 Å². The molecule has 1 atom stereocenters. The van der Waals surface area contributed by atoms with Crippen LogP contribution in [0, 0.1) is 5.41 Å². The Morgan fingerprint density at radius 1 is 1.24 bits per heavy atom. The van der Waals surface area contributed by atoms with Crippen molar-refractivity contribution in [1.82, 2.24) is 19.8 Å². The van der Waals surface area contributed by atoms with Crippen molar-refractivity contribution in [3.8, 4) is 17.1 Å². The third-order valence-electron chi connectivity index (χ3n) is 6.25. The van der Waals surface area contributed by atoms with Crippen molar-refractivity contribution in [3.63, 3.8) is 0 Å². The van der Waals surface area contributed by atoms with Gasteiger partial charge in [-0.3, -0.25) is 5.41 Å². The molecule has 1 unspecified atom stereocenters. The van der Waals surface area contributed by atoms with Crippen LogP contribution in [0.3, 0.4) is 0 Å². The molecule has 2 aromatic rings. The molecule has 2 N–H and O–H groups in total. The van der Waals surface area contributed by atoms with Crippen molar-refractivity contribution in [2.24, 2.45) is 4.99 Å². The largest absolute Gasteiger partial charge is 0.611 e. The Kier molecular flexibility index (Phi) is 7.64. The molecule has 0 saturated carbocycles. The van der Waals surface area contributed by atoms with E-state index in [1.807, 2.05) is 38.2 Å². The number of hydrogen-bond acceptors (Lipinski definition) is 5. The van der Waals surface area contributed by atoms with Gasteiger partial charge in [-0.2, -0.15) is 0 Å². The summed E-state index contributed by atoms with van der Waals surface area (Å²) in [6, 6.07) is 6.55. The standard InChI is InChI=1S/C25H36N6O2S/c1-16(2)27-24(28-18(5)26)22-15-31-12-13-33-23-7-6-20(14-21(23)25(31)29-22)34(32)19-8-10-30(11-9-19)17(3)4/h6-7,14-17,19H,8-13H2,1-5H3,(H2,26,27,28). The normalized spacial score (nSPS) is 18.3. The first-order valence-corrected chi connectivity index (χ1v) is 13.3. The minimum absolute atomic E-state index is 0.159. The van der Waals surface area contributed by atoms with Gasteiger partial charge in [0.15, 0.2) is 10.7 Å². The molecule has 2 aliphatic rings. The maximum atomic E-state index is 13.5. The van der Waals surface area contributed by atoms with E-state index in [9.17, 15) is 4.55 Å². The summed E-state index contributed by atoms with van der Waals surface area (Å²) in [4.78, 5) is 12.5. The molecule has 0 spiro atoms. The maximum Gasteiger partial charge on any atom is 0.155 e. The zero-order valence-corrected chi connectivity index (χ0v) is 21.6. The van der Waals surface area contributed by atoms with Crippen molar-refractivity contribution in [1.29, 1.82) is 5.41 Å². The number of aromatic nitrogens is 2. The summed E-state index contributed by atoms with van der Waals surface area (Å²) in [5, 5.41) is 11.3. The second kappa shape index (κ2) is 10.5. The highest BCUT2D eigenvalue weighted by atomic mass is 32.2. The Balaban J connectivity index is 1.64. The quantitative estimate of drug-likeness (QED) is 0.383. The number of likely N-dealkylation sites (tertiary alicyclic amines) is 1. The van der Waals surface area contributed by atoms with Gasteiger partial charge in [-0.05, 0) is 57.9 Å². The summed E-state index contributed by atoms with van der Waals surface area (Å²) in [6.07, 6.45) is 3.85. The molecule has 0 bridgehead atoms. The average molecular weight is 485 g/mol. The van der Waals surface area contributed by atoms with E-state index in [1.54, 1.807) is 6.92 Å². The van der Waals surface area contributed by atoms with E-state index in [2.05, 4.69) is 33.6 Å². The first-order valence-electron chi connectivity index (χ1n) is 12.1. The molecule has 0 amide bonds. The molecule has 4 rings (SSSR count). The number of fused-ring (bicyclic) bond motifs is 3. The number of nitrogens with one attached hydrogen (secondary N) is 2. The molecule has 1 saturated heterocycles. The van der Waals surface area contributed by atoms with Gasteiger partial charge in [0, 0.05) is 50.3 Å². The third-order valence-corrected chi connectivity index (χ3v) is 8.04. The lowest BCUT2D eigenvalue weighted by Gasteiger charge is -2.34. The fraction of sp³-hybridized carbons (Fsp3) is 0.560. The number of ether oxygens (including phenoxy) is 1. The van der Waals surface area contributed by atoms with Crippen LogP contribution in [0.4, 0.5) is 0 Å². The van der Waals surface area contributed by atoms with Crippen LogP contribution in [0.15, 0.2) is 34.3 Å². The van der Waals surface area contributed by atoms with Crippen molar-refractivity contribution >= 4 is 22.8 Å². The molecule has 0 radical (unpaired) electrons. The topological polar surface area (TPSA) is 102 Å². The van der Waals surface area contributed by atoms with E-state index >= 15 is 0 Å². The van der Waals surface area contributed by atoms with Gasteiger partial charge in [-0.15, -0.1) is 0 Å². The molecule has 8 nitrogen and oxygen atoms in total. The van der Waals surface area contributed by atoms with Crippen molar-refractivity contribution < 1.29 is 9.29 Å². The Morgan fingerprint density at radius 3 is 2.62 bits per heavy atom. The lowest BCUT2D eigenvalue weighted by atomic mass is 10.1. The van der Waals surface area contributed by atoms with Gasteiger partial charge in [0.25, 0.3) is 0 Å². The predicted octanol–water partition coefficient (Wildman–Crippen LogP) is 3.66. The summed E-state index contributed by atoms with van der Waals surface area (Å²) in [5.41, 5.74) is 1.54. The van der Waals surface area contributed by atoms with Gasteiger partial charge in [-0.1, -0.05) is 0 Å². The number of aliphatic imine (C=N–C) groups is 1. The van der Waals surface area contributed by atoms with Crippen LogP contribution < -0.4 is 10.1 Å². The highest BCUT2D eigenvalue weighted by Gasteiger charge is 2.32. The monoisotopic (exact) mass is 484 g/mol. The van der Waals surface area contributed by atoms with Gasteiger partial charge in [0.05, 0.1) is 12.1 Å². The van der Waals surface area contributed by atoms with Crippen molar-refractivity contribution in [2.75, 3.05) is 19.7 Å². The van der Waals surface area contributed by atoms with Crippen LogP contribution in [0.25, 0.3) is 11.4 Å². The molecule has 2 aliphatic heterocycles. The number of rotatable bonds is 5. The average Bonchev–Trinajstić information content (AvgIpc) is 3.14. The molecule has 0 aliphatic carbocycles. The third kappa shape index (κ3) is 5.47. The molecule has 3 heterocycles. The molecular weight excluding hydrogens is 448 g/mol. The summed E-state index contributed by atoms with van der Waals surface area (Å²) in [5.74, 6) is 2.33. The number of piperidine rings is 1. The van der Waals surface area contributed by atoms with E-state index in [0.29, 0.717) is 30.7 Å². The first kappa shape index (κ1) is 24.8. The van der Waals surface area contributed by atoms with Crippen LogP contribution in [0.5, 0.6) is 5.75 Å². The van der Waals surface area contributed by atoms with Crippen LogP contribution in [0.2, 0.25) is 0 Å².